The minimum atomic E-state index is 0.233. The Morgan fingerprint density at radius 1 is 1.30 bits per heavy atom. The summed E-state index contributed by atoms with van der Waals surface area (Å²) in [6.45, 7) is 12.6. The van der Waals surface area contributed by atoms with Gasteiger partial charge in [-0.25, -0.2) is 0 Å². The Kier molecular flexibility index (Phi) is 5.30. The molecule has 1 fully saturated rings. The Morgan fingerprint density at radius 2 is 2.05 bits per heavy atom. The largest absolute Gasteiger partial charge is 0.312 e. The first-order valence-corrected chi connectivity index (χ1v) is 9.07. The Bertz CT molecular complexity index is 415. The fraction of sp³-hybridized carbons (Fsp3) is 0.778. The molecule has 1 saturated carbocycles. The van der Waals surface area contributed by atoms with Gasteiger partial charge in [0.05, 0.1) is 0 Å². The molecule has 0 spiro atoms. The van der Waals surface area contributed by atoms with E-state index in [-0.39, 0.29) is 5.54 Å². The van der Waals surface area contributed by atoms with E-state index in [0.717, 1.165) is 17.8 Å². The summed E-state index contributed by atoms with van der Waals surface area (Å²) in [5, 5.41) is 6.01. The zero-order valence-electron chi connectivity index (χ0n) is 13.8. The normalized spacial score (nSPS) is 27.8. The fourth-order valence-electron chi connectivity index (χ4n) is 3.46. The number of hydrogen-bond donors (Lipinski definition) is 1. The second-order valence-electron chi connectivity index (χ2n) is 7.55. The summed E-state index contributed by atoms with van der Waals surface area (Å²) < 4.78 is 0. The van der Waals surface area contributed by atoms with Crippen molar-refractivity contribution in [1.82, 2.24) is 5.32 Å². The third kappa shape index (κ3) is 4.08. The topological polar surface area (TPSA) is 12.0 Å². The second-order valence-corrected chi connectivity index (χ2v) is 8.50. The lowest BCUT2D eigenvalue weighted by Gasteiger charge is -2.37. The maximum atomic E-state index is 3.74. The minimum absolute atomic E-state index is 0.233. The van der Waals surface area contributed by atoms with Crippen LogP contribution in [0.5, 0.6) is 0 Å². The molecule has 0 aliphatic heterocycles. The van der Waals surface area contributed by atoms with Crippen LogP contribution in [0.2, 0.25) is 0 Å². The van der Waals surface area contributed by atoms with E-state index >= 15 is 0 Å². The van der Waals surface area contributed by atoms with Gasteiger partial charge in [-0.2, -0.15) is 0 Å². The standard InChI is InChI=1S/C18H31NS/c1-6-14-7-8-15(12-19-18(3,4)5)16(11-14)17-13(2)9-10-20-17/h9-10,14-16,19H,6-8,11-12H2,1-5H3. The van der Waals surface area contributed by atoms with Gasteiger partial charge in [-0.1, -0.05) is 19.8 Å². The quantitative estimate of drug-likeness (QED) is 0.788. The van der Waals surface area contributed by atoms with Gasteiger partial charge >= 0.3 is 0 Å². The molecule has 114 valence electrons. The van der Waals surface area contributed by atoms with Crippen molar-refractivity contribution < 1.29 is 0 Å². The lowest BCUT2D eigenvalue weighted by atomic mass is 9.72. The van der Waals surface area contributed by atoms with Crippen LogP contribution in [0.15, 0.2) is 11.4 Å². The fourth-order valence-corrected chi connectivity index (χ4v) is 4.59. The lowest BCUT2D eigenvalue weighted by molar-refractivity contribution is 0.215. The van der Waals surface area contributed by atoms with Gasteiger partial charge in [0.25, 0.3) is 0 Å². The minimum Gasteiger partial charge on any atom is -0.312 e. The molecular weight excluding hydrogens is 262 g/mol. The van der Waals surface area contributed by atoms with E-state index in [2.05, 4.69) is 51.4 Å². The van der Waals surface area contributed by atoms with Crippen molar-refractivity contribution >= 4 is 11.3 Å². The van der Waals surface area contributed by atoms with Crippen LogP contribution in [0.3, 0.4) is 0 Å². The molecule has 2 heteroatoms. The molecule has 1 aliphatic rings. The third-order valence-corrected chi connectivity index (χ3v) is 5.96. The van der Waals surface area contributed by atoms with Gasteiger partial charge in [0.2, 0.25) is 0 Å². The number of aryl methyl sites for hydroxylation is 1. The highest BCUT2D eigenvalue weighted by molar-refractivity contribution is 7.10. The van der Waals surface area contributed by atoms with Crippen LogP contribution >= 0.6 is 11.3 Å². The van der Waals surface area contributed by atoms with Gasteiger partial charge < -0.3 is 5.32 Å². The van der Waals surface area contributed by atoms with E-state index in [9.17, 15) is 0 Å². The summed E-state index contributed by atoms with van der Waals surface area (Å²) in [5.74, 6) is 2.53. The molecule has 0 radical (unpaired) electrons. The van der Waals surface area contributed by atoms with Gasteiger partial charge in [0.15, 0.2) is 0 Å². The Hall–Kier alpha value is -0.340. The van der Waals surface area contributed by atoms with E-state index in [1.165, 1.54) is 37.8 Å². The van der Waals surface area contributed by atoms with E-state index in [4.69, 9.17) is 0 Å². The van der Waals surface area contributed by atoms with Crippen molar-refractivity contribution in [2.75, 3.05) is 6.54 Å². The van der Waals surface area contributed by atoms with E-state index < -0.39 is 0 Å². The average Bonchev–Trinajstić information content (AvgIpc) is 2.81. The summed E-state index contributed by atoms with van der Waals surface area (Å²) in [4.78, 5) is 1.66. The van der Waals surface area contributed by atoms with Gasteiger partial charge in [-0.3, -0.25) is 0 Å². The Morgan fingerprint density at radius 3 is 2.60 bits per heavy atom. The summed E-state index contributed by atoms with van der Waals surface area (Å²) in [5.41, 5.74) is 1.74. The van der Waals surface area contributed by atoms with Gasteiger partial charge in [0, 0.05) is 10.4 Å². The monoisotopic (exact) mass is 293 g/mol. The van der Waals surface area contributed by atoms with Gasteiger partial charge in [0.1, 0.15) is 0 Å². The number of rotatable bonds is 4. The zero-order valence-corrected chi connectivity index (χ0v) is 14.6. The first-order valence-electron chi connectivity index (χ1n) is 8.19. The van der Waals surface area contributed by atoms with Crippen LogP contribution in [0.4, 0.5) is 0 Å². The van der Waals surface area contributed by atoms with Gasteiger partial charge in [-0.15, -0.1) is 11.3 Å². The maximum absolute atomic E-state index is 3.74. The highest BCUT2D eigenvalue weighted by Crippen LogP contribution is 2.44. The van der Waals surface area contributed by atoms with Crippen LogP contribution in [-0.2, 0) is 0 Å². The predicted octanol–water partition coefficient (Wildman–Crippen LogP) is 5.35. The van der Waals surface area contributed by atoms with Crippen LogP contribution in [0.25, 0.3) is 0 Å². The van der Waals surface area contributed by atoms with E-state index in [1.54, 1.807) is 4.88 Å². The molecule has 3 unspecified atom stereocenters. The summed E-state index contributed by atoms with van der Waals surface area (Å²) in [6, 6.07) is 2.30. The molecular formula is C18H31NS. The van der Waals surface area contributed by atoms with E-state index in [1.807, 2.05) is 11.3 Å². The molecule has 1 aromatic rings. The maximum Gasteiger partial charge on any atom is 0.0109 e. The van der Waals surface area contributed by atoms with Gasteiger partial charge in [-0.05, 0) is 81.8 Å². The van der Waals surface area contributed by atoms with Crippen LogP contribution < -0.4 is 5.32 Å². The summed E-state index contributed by atoms with van der Waals surface area (Å²) in [6.07, 6.45) is 5.56. The first kappa shape index (κ1) is 16.0. The van der Waals surface area contributed by atoms with Crippen molar-refractivity contribution in [3.05, 3.63) is 21.9 Å². The van der Waals surface area contributed by atoms with Crippen LogP contribution in [0.1, 0.15) is 69.7 Å². The highest BCUT2D eigenvalue weighted by Gasteiger charge is 2.32. The molecule has 2 rings (SSSR count). The third-order valence-electron chi connectivity index (χ3n) is 4.81. The predicted molar refractivity (Wildman–Crippen MR) is 90.7 cm³/mol. The molecule has 1 aromatic heterocycles. The smallest absolute Gasteiger partial charge is 0.0109 e. The molecule has 1 heterocycles. The van der Waals surface area contributed by atoms with Crippen LogP contribution in [0, 0.1) is 18.8 Å². The molecule has 0 saturated heterocycles. The van der Waals surface area contributed by atoms with Crippen molar-refractivity contribution in [3.8, 4) is 0 Å². The number of thiophene rings is 1. The first-order chi connectivity index (χ1) is 9.40. The van der Waals surface area contributed by atoms with E-state index in [0.29, 0.717) is 0 Å². The summed E-state index contributed by atoms with van der Waals surface area (Å²) in [7, 11) is 0. The van der Waals surface area contributed by atoms with Crippen LogP contribution in [-0.4, -0.2) is 12.1 Å². The molecule has 1 N–H and O–H groups in total. The van der Waals surface area contributed by atoms with Crippen molar-refractivity contribution in [3.63, 3.8) is 0 Å². The molecule has 0 bridgehead atoms. The molecule has 0 aromatic carbocycles. The summed E-state index contributed by atoms with van der Waals surface area (Å²) >= 11 is 1.98. The molecule has 1 aliphatic carbocycles. The number of nitrogens with one attached hydrogen (secondary N) is 1. The molecule has 20 heavy (non-hydrogen) atoms. The highest BCUT2D eigenvalue weighted by atomic mass is 32.1. The second kappa shape index (κ2) is 6.62. The molecule has 0 amide bonds. The molecule has 3 atom stereocenters. The Labute approximate surface area is 129 Å². The van der Waals surface area contributed by atoms with Crippen molar-refractivity contribution in [2.24, 2.45) is 11.8 Å². The Balaban J connectivity index is 2.10. The van der Waals surface area contributed by atoms with Crippen molar-refractivity contribution in [1.29, 1.82) is 0 Å². The zero-order chi connectivity index (χ0) is 14.8. The number of hydrogen-bond acceptors (Lipinski definition) is 2. The lowest BCUT2D eigenvalue weighted by Crippen LogP contribution is -2.41. The van der Waals surface area contributed by atoms with Crippen molar-refractivity contribution in [2.45, 2.75) is 71.8 Å². The average molecular weight is 294 g/mol. The molecule has 1 nitrogen and oxygen atoms in total. The SMILES string of the molecule is CCC1CCC(CNC(C)(C)C)C(c2sccc2C)C1.